The van der Waals surface area contributed by atoms with Gasteiger partial charge in [0.1, 0.15) is 5.01 Å². The van der Waals surface area contributed by atoms with Crippen molar-refractivity contribution >= 4 is 60.3 Å². The fourth-order valence-electron chi connectivity index (χ4n) is 6.21. The Morgan fingerprint density at radius 3 is 2.02 bits per heavy atom. The lowest BCUT2D eigenvalue weighted by Crippen LogP contribution is -2.01. The van der Waals surface area contributed by atoms with Gasteiger partial charge in [-0.1, -0.05) is 128 Å². The zero-order valence-corrected chi connectivity index (χ0v) is 26.8. The number of aliphatic imine (C=N–C) groups is 1. The predicted octanol–water partition coefficient (Wildman–Crippen LogP) is 11.6. The lowest BCUT2D eigenvalue weighted by Gasteiger charge is -2.11. The fourth-order valence-corrected chi connectivity index (χ4v) is 7.34. The Hall–Kier alpha value is -5.84. The van der Waals surface area contributed by atoms with E-state index in [-0.39, 0.29) is 0 Å². The summed E-state index contributed by atoms with van der Waals surface area (Å²) in [5, 5.41) is 3.50. The van der Waals surface area contributed by atoms with Crippen LogP contribution in [0.4, 0.5) is 0 Å². The Balaban J connectivity index is 1.25. The summed E-state index contributed by atoms with van der Waals surface area (Å²) in [7, 11) is 0. The average molecular weight is 622 g/mol. The smallest absolute Gasteiger partial charge is 0.124 e. The van der Waals surface area contributed by atoms with Gasteiger partial charge in [0.25, 0.3) is 0 Å². The standard InChI is InChI=1S/C43H31N3S/c1-29(31-14-6-3-7-15-31)28-38(44-30(2)32-16-8-4-9-17-32)33-22-24-35(25-23-33)46-39-21-13-12-20-36(39)41-40(46)27-26-37-42(41)47-43(45-37)34-18-10-5-11-19-34/h3-28H,2H2,1H3/b29-28+,44-38?. The number of thiazole rings is 1. The molecule has 0 atom stereocenters. The topological polar surface area (TPSA) is 30.2 Å². The minimum absolute atomic E-state index is 0.729. The summed E-state index contributed by atoms with van der Waals surface area (Å²) >= 11 is 1.76. The molecule has 0 aliphatic rings. The molecule has 0 aliphatic carbocycles. The van der Waals surface area contributed by atoms with Gasteiger partial charge in [-0.25, -0.2) is 9.98 Å². The molecular weight excluding hydrogens is 591 g/mol. The second kappa shape index (κ2) is 12.2. The van der Waals surface area contributed by atoms with Crippen LogP contribution in [-0.4, -0.2) is 15.3 Å². The summed E-state index contributed by atoms with van der Waals surface area (Å²) in [6.45, 7) is 6.45. The molecule has 0 radical (unpaired) electrons. The number of aromatic nitrogens is 2. The third-order valence-electron chi connectivity index (χ3n) is 8.58. The van der Waals surface area contributed by atoms with Crippen molar-refractivity contribution < 1.29 is 0 Å². The molecule has 8 rings (SSSR count). The number of hydrogen-bond donors (Lipinski definition) is 0. The zero-order chi connectivity index (χ0) is 31.7. The molecule has 6 aromatic carbocycles. The summed E-state index contributed by atoms with van der Waals surface area (Å²) in [6.07, 6.45) is 2.16. The number of allylic oxidation sites excluding steroid dienone is 2. The van der Waals surface area contributed by atoms with Crippen LogP contribution in [0.15, 0.2) is 169 Å². The Labute approximate surface area is 278 Å². The summed E-state index contributed by atoms with van der Waals surface area (Å²) in [6, 6.07) is 52.8. The van der Waals surface area contributed by atoms with E-state index in [2.05, 4.69) is 133 Å². The van der Waals surface area contributed by atoms with Gasteiger partial charge in [0, 0.05) is 27.6 Å². The molecule has 2 heterocycles. The fraction of sp³-hybridized carbons (Fsp3) is 0.0233. The largest absolute Gasteiger partial charge is 0.309 e. The van der Waals surface area contributed by atoms with Crippen LogP contribution in [0.1, 0.15) is 23.6 Å². The van der Waals surface area contributed by atoms with Crippen LogP contribution in [0.25, 0.3) is 59.6 Å². The Kier molecular flexibility index (Phi) is 7.41. The first-order chi connectivity index (χ1) is 23.1. The van der Waals surface area contributed by atoms with Gasteiger partial charge in [-0.3, -0.25) is 0 Å². The van der Waals surface area contributed by atoms with E-state index >= 15 is 0 Å². The van der Waals surface area contributed by atoms with Crippen LogP contribution < -0.4 is 0 Å². The highest BCUT2D eigenvalue weighted by Gasteiger charge is 2.18. The molecule has 0 N–H and O–H groups in total. The molecule has 0 fully saturated rings. The highest BCUT2D eigenvalue weighted by Crippen LogP contribution is 2.41. The summed E-state index contributed by atoms with van der Waals surface area (Å²) in [4.78, 5) is 10.1. The van der Waals surface area contributed by atoms with Crippen molar-refractivity contribution in [2.75, 3.05) is 0 Å². The molecule has 0 aliphatic heterocycles. The normalized spacial score (nSPS) is 12.3. The molecule has 8 aromatic rings. The lowest BCUT2D eigenvalue weighted by atomic mass is 10.0. The SMILES string of the molecule is C=C(N=C(/C=C(\C)c1ccccc1)c1ccc(-n2c3ccccc3c3c4sc(-c5ccccc5)nc4ccc32)cc1)c1ccccc1. The van der Waals surface area contributed by atoms with E-state index in [1.54, 1.807) is 11.3 Å². The Bertz CT molecular complexity index is 2450. The molecule has 0 bridgehead atoms. The van der Waals surface area contributed by atoms with Crippen molar-refractivity contribution in [3.63, 3.8) is 0 Å². The molecule has 3 nitrogen and oxygen atoms in total. The van der Waals surface area contributed by atoms with Crippen molar-refractivity contribution in [3.8, 4) is 16.3 Å². The predicted molar refractivity (Wildman–Crippen MR) is 202 cm³/mol. The van der Waals surface area contributed by atoms with Crippen molar-refractivity contribution in [2.24, 2.45) is 4.99 Å². The van der Waals surface area contributed by atoms with Crippen LogP contribution in [-0.2, 0) is 0 Å². The Morgan fingerprint density at radius 1 is 0.660 bits per heavy atom. The molecule has 0 spiro atoms. The molecule has 0 saturated heterocycles. The third-order valence-corrected chi connectivity index (χ3v) is 9.72. The van der Waals surface area contributed by atoms with Crippen molar-refractivity contribution in [2.45, 2.75) is 6.92 Å². The quantitative estimate of drug-likeness (QED) is 0.163. The minimum Gasteiger partial charge on any atom is -0.309 e. The second-order valence-corrected chi connectivity index (χ2v) is 12.6. The zero-order valence-electron chi connectivity index (χ0n) is 26.0. The Morgan fingerprint density at radius 2 is 1.30 bits per heavy atom. The molecular formula is C43H31N3S. The van der Waals surface area contributed by atoms with Crippen molar-refractivity contribution in [3.05, 3.63) is 181 Å². The van der Waals surface area contributed by atoms with Gasteiger partial charge in [0.2, 0.25) is 0 Å². The number of fused-ring (bicyclic) bond motifs is 5. The molecule has 4 heteroatoms. The minimum atomic E-state index is 0.729. The molecule has 0 unspecified atom stereocenters. The molecule has 0 saturated carbocycles. The van der Waals surface area contributed by atoms with E-state index in [4.69, 9.17) is 9.98 Å². The molecule has 224 valence electrons. The summed E-state index contributed by atoms with van der Waals surface area (Å²) < 4.78 is 3.57. The van der Waals surface area contributed by atoms with E-state index < -0.39 is 0 Å². The highest BCUT2D eigenvalue weighted by molar-refractivity contribution is 7.22. The number of nitrogens with zero attached hydrogens (tertiary/aromatic N) is 3. The summed E-state index contributed by atoms with van der Waals surface area (Å²) in [5.74, 6) is 0. The van der Waals surface area contributed by atoms with Crippen LogP contribution in [0.2, 0.25) is 0 Å². The van der Waals surface area contributed by atoms with Crippen LogP contribution in [0, 0.1) is 0 Å². The van der Waals surface area contributed by atoms with Crippen LogP contribution >= 0.6 is 11.3 Å². The highest BCUT2D eigenvalue weighted by atomic mass is 32.1. The van der Waals surface area contributed by atoms with Gasteiger partial charge in [-0.2, -0.15) is 0 Å². The second-order valence-electron chi connectivity index (χ2n) is 11.6. The van der Waals surface area contributed by atoms with Gasteiger partial charge >= 0.3 is 0 Å². The first-order valence-corrected chi connectivity index (χ1v) is 16.5. The first-order valence-electron chi connectivity index (χ1n) is 15.7. The van der Waals surface area contributed by atoms with Crippen LogP contribution in [0.3, 0.4) is 0 Å². The maximum absolute atomic E-state index is 5.07. The summed E-state index contributed by atoms with van der Waals surface area (Å²) in [5.41, 5.74) is 11.5. The third kappa shape index (κ3) is 5.39. The number of para-hydroxylation sites is 1. The number of hydrogen-bond acceptors (Lipinski definition) is 3. The van der Waals surface area contributed by atoms with E-state index in [1.165, 1.54) is 26.5 Å². The van der Waals surface area contributed by atoms with Gasteiger partial charge in [0.15, 0.2) is 0 Å². The van der Waals surface area contributed by atoms with Crippen molar-refractivity contribution in [1.29, 1.82) is 0 Å². The monoisotopic (exact) mass is 621 g/mol. The molecule has 0 amide bonds. The maximum atomic E-state index is 5.07. The van der Waals surface area contributed by atoms with Gasteiger partial charge in [-0.05, 0) is 60.0 Å². The first kappa shape index (κ1) is 28.6. The number of benzene rings is 6. The van der Waals surface area contributed by atoms with Crippen molar-refractivity contribution in [1.82, 2.24) is 9.55 Å². The van der Waals surface area contributed by atoms with E-state index in [0.717, 1.165) is 55.4 Å². The van der Waals surface area contributed by atoms with E-state index in [9.17, 15) is 0 Å². The van der Waals surface area contributed by atoms with Crippen LogP contribution in [0.5, 0.6) is 0 Å². The molecule has 47 heavy (non-hydrogen) atoms. The maximum Gasteiger partial charge on any atom is 0.124 e. The lowest BCUT2D eigenvalue weighted by molar-refractivity contribution is 1.18. The van der Waals surface area contributed by atoms with Gasteiger partial charge in [-0.15, -0.1) is 11.3 Å². The van der Waals surface area contributed by atoms with Gasteiger partial charge < -0.3 is 4.57 Å². The average Bonchev–Trinajstić information content (AvgIpc) is 3.72. The van der Waals surface area contributed by atoms with E-state index in [0.29, 0.717) is 0 Å². The van der Waals surface area contributed by atoms with Gasteiger partial charge in [0.05, 0.1) is 32.7 Å². The molecule has 2 aromatic heterocycles. The number of rotatable bonds is 7. The van der Waals surface area contributed by atoms with E-state index in [1.807, 2.05) is 42.5 Å².